The van der Waals surface area contributed by atoms with Crippen molar-refractivity contribution in [3.05, 3.63) is 35.1 Å². The monoisotopic (exact) mass is 337 g/mol. The molecule has 0 fully saturated rings. The van der Waals surface area contributed by atoms with Crippen LogP contribution < -0.4 is 11.1 Å². The average molecular weight is 337 g/mol. The highest BCUT2D eigenvalue weighted by Gasteiger charge is 2.07. The molecule has 0 aromatic heterocycles. The van der Waals surface area contributed by atoms with Gasteiger partial charge in [-0.15, -0.1) is 24.0 Å². The number of hydrogen-bond acceptors (Lipinski definition) is 1. The smallest absolute Gasteiger partial charge is 0.188 e. The molecule has 0 spiro atoms. The molecule has 0 aliphatic heterocycles. The first-order valence-corrected chi connectivity index (χ1v) is 4.79. The highest BCUT2D eigenvalue weighted by molar-refractivity contribution is 14.0. The van der Waals surface area contributed by atoms with Crippen LogP contribution in [0.1, 0.15) is 24.1 Å². The Labute approximate surface area is 112 Å². The van der Waals surface area contributed by atoms with Crippen molar-refractivity contribution in [2.24, 2.45) is 10.7 Å². The van der Waals surface area contributed by atoms with Crippen LogP contribution in [0.2, 0.25) is 0 Å². The van der Waals surface area contributed by atoms with Gasteiger partial charge in [-0.25, -0.2) is 4.39 Å². The molecule has 16 heavy (non-hydrogen) atoms. The third kappa shape index (κ3) is 3.96. The fourth-order valence-electron chi connectivity index (χ4n) is 1.25. The molecule has 0 amide bonds. The molecule has 0 radical (unpaired) electrons. The van der Waals surface area contributed by atoms with Gasteiger partial charge in [0, 0.05) is 7.05 Å². The van der Waals surface area contributed by atoms with E-state index in [-0.39, 0.29) is 35.8 Å². The SMILES string of the molecule is CN=C(N)NC(C)c1ccc(C)c(F)c1.I. The zero-order valence-electron chi connectivity index (χ0n) is 9.62. The van der Waals surface area contributed by atoms with Crippen LogP contribution in [0.4, 0.5) is 4.39 Å². The topological polar surface area (TPSA) is 50.4 Å². The summed E-state index contributed by atoms with van der Waals surface area (Å²) in [6.45, 7) is 3.64. The number of nitrogens with one attached hydrogen (secondary N) is 1. The van der Waals surface area contributed by atoms with E-state index in [4.69, 9.17) is 5.73 Å². The minimum absolute atomic E-state index is 0. The molecule has 5 heteroatoms. The normalized spacial score (nSPS) is 12.9. The summed E-state index contributed by atoms with van der Waals surface area (Å²) in [5, 5.41) is 2.95. The Morgan fingerprint density at radius 2 is 2.12 bits per heavy atom. The van der Waals surface area contributed by atoms with Crippen LogP contribution in [0.25, 0.3) is 0 Å². The van der Waals surface area contributed by atoms with Gasteiger partial charge in [-0.3, -0.25) is 4.99 Å². The van der Waals surface area contributed by atoms with Gasteiger partial charge in [-0.2, -0.15) is 0 Å². The second-order valence-electron chi connectivity index (χ2n) is 3.48. The number of benzene rings is 1. The van der Waals surface area contributed by atoms with Crippen LogP contribution >= 0.6 is 24.0 Å². The molecule has 90 valence electrons. The number of rotatable bonds is 2. The van der Waals surface area contributed by atoms with Crippen molar-refractivity contribution in [1.82, 2.24) is 5.32 Å². The number of hydrogen-bond donors (Lipinski definition) is 2. The number of aryl methyl sites for hydroxylation is 1. The van der Waals surface area contributed by atoms with Crippen LogP contribution in [0.5, 0.6) is 0 Å². The number of guanidine groups is 1. The standard InChI is InChI=1S/C11H16FN3.HI/c1-7-4-5-9(6-10(7)12)8(2)15-11(13)14-3;/h4-6,8H,1-3H3,(H3,13,14,15);1H. The lowest BCUT2D eigenvalue weighted by Crippen LogP contribution is -2.33. The minimum atomic E-state index is -0.201. The second-order valence-corrected chi connectivity index (χ2v) is 3.48. The molecule has 0 saturated carbocycles. The van der Waals surface area contributed by atoms with Gasteiger partial charge in [0.2, 0.25) is 0 Å². The van der Waals surface area contributed by atoms with Gasteiger partial charge in [0.15, 0.2) is 5.96 Å². The number of nitrogens with two attached hydrogens (primary N) is 1. The Morgan fingerprint density at radius 1 is 1.50 bits per heavy atom. The predicted molar refractivity (Wildman–Crippen MR) is 75.6 cm³/mol. The van der Waals surface area contributed by atoms with Gasteiger partial charge < -0.3 is 11.1 Å². The molecular formula is C11H17FIN3. The van der Waals surface area contributed by atoms with Crippen LogP contribution in [0.15, 0.2) is 23.2 Å². The largest absolute Gasteiger partial charge is 0.370 e. The van der Waals surface area contributed by atoms with E-state index >= 15 is 0 Å². The van der Waals surface area contributed by atoms with Crippen LogP contribution in [-0.4, -0.2) is 13.0 Å². The van der Waals surface area contributed by atoms with E-state index in [1.807, 2.05) is 13.0 Å². The lowest BCUT2D eigenvalue weighted by atomic mass is 10.1. The lowest BCUT2D eigenvalue weighted by molar-refractivity contribution is 0.609. The van der Waals surface area contributed by atoms with E-state index in [1.54, 1.807) is 20.0 Å². The molecule has 1 aromatic carbocycles. The Bertz CT molecular complexity index is 379. The highest BCUT2D eigenvalue weighted by Crippen LogP contribution is 2.15. The summed E-state index contributed by atoms with van der Waals surface area (Å²) in [5.41, 5.74) is 7.02. The maximum absolute atomic E-state index is 13.3. The highest BCUT2D eigenvalue weighted by atomic mass is 127. The number of aliphatic imine (C=N–C) groups is 1. The molecule has 0 aliphatic carbocycles. The van der Waals surface area contributed by atoms with Crippen molar-refractivity contribution in [3.63, 3.8) is 0 Å². The minimum Gasteiger partial charge on any atom is -0.370 e. The van der Waals surface area contributed by atoms with E-state index in [0.29, 0.717) is 11.5 Å². The molecule has 1 rings (SSSR count). The molecule has 0 bridgehead atoms. The molecular weight excluding hydrogens is 320 g/mol. The van der Waals surface area contributed by atoms with Crippen LogP contribution in [0, 0.1) is 12.7 Å². The van der Waals surface area contributed by atoms with Gasteiger partial charge in [0.05, 0.1) is 6.04 Å². The first-order chi connectivity index (χ1) is 7.04. The predicted octanol–water partition coefficient (Wildman–Crippen LogP) is 2.35. The molecule has 0 saturated heterocycles. The number of halogens is 2. The van der Waals surface area contributed by atoms with Gasteiger partial charge in [-0.05, 0) is 31.0 Å². The summed E-state index contributed by atoms with van der Waals surface area (Å²) >= 11 is 0. The molecule has 3 N–H and O–H groups in total. The summed E-state index contributed by atoms with van der Waals surface area (Å²) in [4.78, 5) is 3.78. The van der Waals surface area contributed by atoms with E-state index < -0.39 is 0 Å². The molecule has 0 aliphatic rings. The van der Waals surface area contributed by atoms with E-state index in [1.165, 1.54) is 6.07 Å². The van der Waals surface area contributed by atoms with Crippen LogP contribution in [0.3, 0.4) is 0 Å². The zero-order valence-corrected chi connectivity index (χ0v) is 12.0. The van der Waals surface area contributed by atoms with Crippen molar-refractivity contribution < 1.29 is 4.39 Å². The maximum atomic E-state index is 13.3. The lowest BCUT2D eigenvalue weighted by Gasteiger charge is -2.15. The van der Waals surface area contributed by atoms with E-state index in [0.717, 1.165) is 5.56 Å². The van der Waals surface area contributed by atoms with Crippen LogP contribution in [-0.2, 0) is 0 Å². The van der Waals surface area contributed by atoms with Crippen molar-refractivity contribution in [3.8, 4) is 0 Å². The van der Waals surface area contributed by atoms with Gasteiger partial charge in [0.25, 0.3) is 0 Å². The second kappa shape index (κ2) is 6.67. The van der Waals surface area contributed by atoms with Crippen molar-refractivity contribution in [1.29, 1.82) is 0 Å². The maximum Gasteiger partial charge on any atom is 0.188 e. The van der Waals surface area contributed by atoms with Gasteiger partial charge in [-0.1, -0.05) is 12.1 Å². The Hall–Kier alpha value is -0.850. The fraction of sp³-hybridized carbons (Fsp3) is 0.364. The molecule has 1 unspecified atom stereocenters. The Morgan fingerprint density at radius 3 is 2.62 bits per heavy atom. The molecule has 1 atom stereocenters. The first-order valence-electron chi connectivity index (χ1n) is 4.79. The third-order valence-electron chi connectivity index (χ3n) is 2.30. The first kappa shape index (κ1) is 15.2. The fourth-order valence-corrected chi connectivity index (χ4v) is 1.25. The molecule has 0 heterocycles. The molecule has 1 aromatic rings. The summed E-state index contributed by atoms with van der Waals surface area (Å²) in [5.74, 6) is 0.150. The molecule has 3 nitrogen and oxygen atoms in total. The third-order valence-corrected chi connectivity index (χ3v) is 2.30. The van der Waals surface area contributed by atoms with Gasteiger partial charge >= 0.3 is 0 Å². The van der Waals surface area contributed by atoms with E-state index in [9.17, 15) is 4.39 Å². The van der Waals surface area contributed by atoms with Crippen molar-refractivity contribution >= 4 is 29.9 Å². The number of nitrogens with zero attached hydrogens (tertiary/aromatic N) is 1. The quantitative estimate of drug-likeness (QED) is 0.495. The average Bonchev–Trinajstić information content (AvgIpc) is 2.21. The summed E-state index contributed by atoms with van der Waals surface area (Å²) in [6, 6.07) is 5.08. The van der Waals surface area contributed by atoms with Crippen molar-refractivity contribution in [2.45, 2.75) is 19.9 Å². The summed E-state index contributed by atoms with van der Waals surface area (Å²) in [7, 11) is 1.60. The Kier molecular flexibility index (Phi) is 6.32. The summed E-state index contributed by atoms with van der Waals surface area (Å²) < 4.78 is 13.3. The van der Waals surface area contributed by atoms with Crippen molar-refractivity contribution in [2.75, 3.05) is 7.05 Å². The summed E-state index contributed by atoms with van der Waals surface area (Å²) in [6.07, 6.45) is 0. The Balaban J connectivity index is 0.00000225. The van der Waals surface area contributed by atoms with E-state index in [2.05, 4.69) is 10.3 Å². The van der Waals surface area contributed by atoms with Gasteiger partial charge in [0.1, 0.15) is 5.82 Å². The zero-order chi connectivity index (χ0) is 11.4.